The normalized spacial score (nSPS) is 16.1. The summed E-state index contributed by atoms with van der Waals surface area (Å²) in [5, 5.41) is 18.6. The van der Waals surface area contributed by atoms with Gasteiger partial charge in [0.2, 0.25) is 0 Å². The lowest BCUT2D eigenvalue weighted by molar-refractivity contribution is 0.0883. The van der Waals surface area contributed by atoms with Gasteiger partial charge in [-0.1, -0.05) is 24.3 Å². The molecule has 1 unspecified atom stereocenters. The highest BCUT2D eigenvalue weighted by atomic mass is 16.5. The Morgan fingerprint density at radius 1 is 1.08 bits per heavy atom. The Hall–Kier alpha value is -4.06. The smallest absolute Gasteiger partial charge is 0.327 e. The molecule has 39 heavy (non-hydrogen) atoms. The third-order valence-corrected chi connectivity index (χ3v) is 6.15. The number of ether oxygens (including phenoxy) is 2. The Morgan fingerprint density at radius 3 is 2.72 bits per heavy atom. The first kappa shape index (κ1) is 28.0. The zero-order valence-electron chi connectivity index (χ0n) is 21.9. The van der Waals surface area contributed by atoms with E-state index in [0.29, 0.717) is 39.3 Å². The lowest BCUT2D eigenvalue weighted by Gasteiger charge is -2.29. The minimum Gasteiger partial charge on any atom is -0.491 e. The maximum Gasteiger partial charge on any atom is 0.327 e. The van der Waals surface area contributed by atoms with Gasteiger partial charge >= 0.3 is 6.03 Å². The van der Waals surface area contributed by atoms with Crippen LogP contribution in [-0.4, -0.2) is 62.8 Å². The molecule has 11 nitrogen and oxygen atoms in total. The summed E-state index contributed by atoms with van der Waals surface area (Å²) in [7, 11) is 0. The number of nitrogens with one attached hydrogen (secondary N) is 3. The topological polar surface area (TPSA) is 159 Å². The molecule has 4 rings (SSSR count). The van der Waals surface area contributed by atoms with Crippen LogP contribution >= 0.6 is 0 Å². The van der Waals surface area contributed by atoms with E-state index in [4.69, 9.17) is 26.0 Å². The Morgan fingerprint density at radius 2 is 1.92 bits per heavy atom. The van der Waals surface area contributed by atoms with Crippen LogP contribution in [0.25, 0.3) is 5.70 Å². The quantitative estimate of drug-likeness (QED) is 0.114. The van der Waals surface area contributed by atoms with Gasteiger partial charge in [0, 0.05) is 49.3 Å². The van der Waals surface area contributed by atoms with Gasteiger partial charge in [-0.05, 0) is 55.3 Å². The number of rotatable bonds is 15. The van der Waals surface area contributed by atoms with Crippen molar-refractivity contribution in [3.63, 3.8) is 0 Å². The van der Waals surface area contributed by atoms with Gasteiger partial charge in [-0.3, -0.25) is 9.89 Å². The summed E-state index contributed by atoms with van der Waals surface area (Å²) >= 11 is 0. The highest BCUT2D eigenvalue weighted by molar-refractivity contribution is 5.96. The van der Waals surface area contributed by atoms with Gasteiger partial charge in [-0.25, -0.2) is 4.79 Å². The number of hydrogen-bond acceptors (Lipinski definition) is 7. The van der Waals surface area contributed by atoms with Gasteiger partial charge in [0.15, 0.2) is 5.96 Å². The number of aliphatic hydroxyl groups is 1. The van der Waals surface area contributed by atoms with Crippen molar-refractivity contribution >= 4 is 23.4 Å². The van der Waals surface area contributed by atoms with Crippen LogP contribution in [0.2, 0.25) is 0 Å². The van der Waals surface area contributed by atoms with Crippen LogP contribution in [-0.2, 0) is 11.3 Å². The number of urea groups is 1. The fraction of sp³-hybridized carbons (Fsp3) is 0.357. The van der Waals surface area contributed by atoms with Gasteiger partial charge in [-0.2, -0.15) is 0 Å². The fourth-order valence-electron chi connectivity index (χ4n) is 4.18. The minimum atomic E-state index is -0.296. The second-order valence-corrected chi connectivity index (χ2v) is 9.15. The first-order valence-electron chi connectivity index (χ1n) is 13.1. The summed E-state index contributed by atoms with van der Waals surface area (Å²) in [6.07, 6.45) is 5.07. The highest BCUT2D eigenvalue weighted by Crippen LogP contribution is 2.29. The molecule has 2 aliphatic heterocycles. The fourth-order valence-corrected chi connectivity index (χ4v) is 4.18. The minimum absolute atomic E-state index is 0.112. The largest absolute Gasteiger partial charge is 0.491 e. The molecule has 0 saturated heterocycles. The predicted octanol–water partition coefficient (Wildman–Crippen LogP) is 1.60. The number of aliphatic hydroxyl groups excluding tert-OH is 1. The summed E-state index contributed by atoms with van der Waals surface area (Å²) < 4.78 is 11.2. The van der Waals surface area contributed by atoms with Crippen LogP contribution in [0, 0.1) is 0 Å². The second kappa shape index (κ2) is 14.2. The Kier molecular flexibility index (Phi) is 10.2. The summed E-state index contributed by atoms with van der Waals surface area (Å²) in [6.45, 7) is 3.63. The molecule has 2 heterocycles. The summed E-state index contributed by atoms with van der Waals surface area (Å²) in [5.74, 6) is 0.847. The predicted molar refractivity (Wildman–Crippen MR) is 152 cm³/mol. The molecular formula is C28H37N7O4. The van der Waals surface area contributed by atoms with Gasteiger partial charge < -0.3 is 42.0 Å². The zero-order valence-corrected chi connectivity index (χ0v) is 21.9. The molecule has 0 fully saturated rings. The summed E-state index contributed by atoms with van der Waals surface area (Å²) in [5.41, 5.74) is 15.4. The SMILES string of the molecule is NC(N)=NCCCNCc1ccc(N2C=C3C=C(c4cccc(OCCOCCCO)c4)NC3NC2=O)cc1. The average molecular weight is 536 g/mol. The van der Waals surface area contributed by atoms with E-state index in [1.54, 1.807) is 4.90 Å². The van der Waals surface area contributed by atoms with E-state index in [2.05, 4.69) is 20.9 Å². The molecule has 2 aliphatic rings. The number of hydrogen-bond donors (Lipinski definition) is 6. The van der Waals surface area contributed by atoms with Crippen LogP contribution in [0.4, 0.5) is 10.5 Å². The summed E-state index contributed by atoms with van der Waals surface area (Å²) in [6, 6.07) is 15.5. The lowest BCUT2D eigenvalue weighted by Crippen LogP contribution is -2.51. The molecule has 0 bridgehead atoms. The average Bonchev–Trinajstić information content (AvgIpc) is 3.35. The van der Waals surface area contributed by atoms with Gasteiger partial charge in [-0.15, -0.1) is 0 Å². The Bertz CT molecular complexity index is 1190. The molecular weight excluding hydrogens is 498 g/mol. The van der Waals surface area contributed by atoms with Crippen molar-refractivity contribution in [3.05, 3.63) is 77.5 Å². The molecule has 2 amide bonds. The molecule has 208 valence electrons. The molecule has 2 aromatic rings. The van der Waals surface area contributed by atoms with Crippen LogP contribution in [0.1, 0.15) is 24.0 Å². The van der Waals surface area contributed by atoms with Gasteiger partial charge in [0.25, 0.3) is 0 Å². The van der Waals surface area contributed by atoms with Gasteiger partial charge in [0.05, 0.1) is 12.3 Å². The molecule has 0 aromatic heterocycles. The molecule has 11 heteroatoms. The highest BCUT2D eigenvalue weighted by Gasteiger charge is 2.31. The number of aliphatic imine (C=N–C) groups is 1. The maximum absolute atomic E-state index is 12.9. The maximum atomic E-state index is 12.9. The van der Waals surface area contributed by atoms with E-state index in [9.17, 15) is 4.79 Å². The Labute approximate surface area is 228 Å². The number of benzene rings is 2. The van der Waals surface area contributed by atoms with Crippen molar-refractivity contribution < 1.29 is 19.4 Å². The van der Waals surface area contributed by atoms with Crippen molar-refractivity contribution in [1.29, 1.82) is 0 Å². The number of nitrogens with zero attached hydrogens (tertiary/aromatic N) is 2. The standard InChI is InChI=1S/C28H37N7O4/c29-27(30)32-11-2-10-31-18-20-6-8-23(9-7-20)35-19-22-17-25(33-26(22)34-28(35)37)21-4-1-5-24(16-21)39-15-14-38-13-3-12-36/h1,4-9,16-17,19,26,31,33,36H,2-3,10-15,18H2,(H,34,37)(H4,29,30,32). The van der Waals surface area contributed by atoms with E-state index in [0.717, 1.165) is 46.8 Å². The molecule has 0 aliphatic carbocycles. The van der Waals surface area contributed by atoms with Crippen LogP contribution < -0.4 is 37.1 Å². The molecule has 2 aromatic carbocycles. The number of carbonyl (C=O) groups is 1. The third kappa shape index (κ3) is 8.21. The number of fused-ring (bicyclic) bond motifs is 1. The summed E-state index contributed by atoms with van der Waals surface area (Å²) in [4.78, 5) is 18.5. The van der Waals surface area contributed by atoms with E-state index < -0.39 is 0 Å². The molecule has 0 spiro atoms. The lowest BCUT2D eigenvalue weighted by atomic mass is 10.1. The molecule has 0 saturated carbocycles. The van der Waals surface area contributed by atoms with E-state index in [1.807, 2.05) is 60.8 Å². The monoisotopic (exact) mass is 535 g/mol. The molecule has 0 radical (unpaired) electrons. The number of amides is 2. The number of anilines is 1. The first-order chi connectivity index (χ1) is 19.0. The second-order valence-electron chi connectivity index (χ2n) is 9.15. The number of carbonyl (C=O) groups excluding carboxylic acids is 1. The van der Waals surface area contributed by atoms with E-state index >= 15 is 0 Å². The Balaban J connectivity index is 1.33. The van der Waals surface area contributed by atoms with Crippen molar-refractivity contribution in [3.8, 4) is 5.75 Å². The van der Waals surface area contributed by atoms with Crippen molar-refractivity contribution in [2.24, 2.45) is 16.5 Å². The molecule has 1 atom stereocenters. The number of nitrogens with two attached hydrogens (primary N) is 2. The van der Waals surface area contributed by atoms with Crippen LogP contribution in [0.15, 0.2) is 71.4 Å². The van der Waals surface area contributed by atoms with Crippen molar-refractivity contribution in [2.75, 3.05) is 44.4 Å². The third-order valence-electron chi connectivity index (χ3n) is 6.15. The zero-order chi connectivity index (χ0) is 27.5. The number of guanidine groups is 1. The van der Waals surface area contributed by atoms with E-state index in [1.165, 1.54) is 0 Å². The van der Waals surface area contributed by atoms with Gasteiger partial charge in [0.1, 0.15) is 18.5 Å². The van der Waals surface area contributed by atoms with Crippen molar-refractivity contribution in [1.82, 2.24) is 16.0 Å². The van der Waals surface area contributed by atoms with E-state index in [-0.39, 0.29) is 24.8 Å². The first-order valence-corrected chi connectivity index (χ1v) is 13.1. The van der Waals surface area contributed by atoms with Crippen molar-refractivity contribution in [2.45, 2.75) is 25.6 Å². The van der Waals surface area contributed by atoms with Crippen LogP contribution in [0.3, 0.4) is 0 Å². The molecule has 8 N–H and O–H groups in total. The van der Waals surface area contributed by atoms with Crippen LogP contribution in [0.5, 0.6) is 5.75 Å².